The van der Waals surface area contributed by atoms with E-state index in [0.29, 0.717) is 0 Å². The summed E-state index contributed by atoms with van der Waals surface area (Å²) in [6.07, 6.45) is 9.75. The second kappa shape index (κ2) is 8.93. The van der Waals surface area contributed by atoms with E-state index in [0.717, 1.165) is 12.0 Å². The van der Waals surface area contributed by atoms with Gasteiger partial charge in [-0.25, -0.2) is 0 Å². The fraction of sp³-hybridized carbons (Fsp3) is 1.00. The molecule has 1 fully saturated rings. The lowest BCUT2D eigenvalue weighted by molar-refractivity contribution is 0.227. The van der Waals surface area contributed by atoms with Gasteiger partial charge < -0.3 is 10.2 Å². The number of likely N-dealkylation sites (N-methyl/N-ethyl adjacent to an activating group) is 1. The van der Waals surface area contributed by atoms with Crippen molar-refractivity contribution in [3.63, 3.8) is 0 Å². The average molecular weight is 240 g/mol. The van der Waals surface area contributed by atoms with Gasteiger partial charge in [0.05, 0.1) is 0 Å². The Balaban J connectivity index is 1.86. The highest BCUT2D eigenvalue weighted by molar-refractivity contribution is 4.75. The van der Waals surface area contributed by atoms with Crippen LogP contribution in [0, 0.1) is 5.92 Å². The van der Waals surface area contributed by atoms with Gasteiger partial charge in [0.25, 0.3) is 0 Å². The van der Waals surface area contributed by atoms with Crippen LogP contribution in [0.4, 0.5) is 0 Å². The van der Waals surface area contributed by atoms with Crippen LogP contribution in [0.2, 0.25) is 0 Å². The minimum Gasteiger partial charge on any atom is -0.313 e. The van der Waals surface area contributed by atoms with Crippen molar-refractivity contribution in [2.45, 2.75) is 64.8 Å². The van der Waals surface area contributed by atoms with E-state index in [9.17, 15) is 0 Å². The zero-order chi connectivity index (χ0) is 12.5. The highest BCUT2D eigenvalue weighted by Crippen LogP contribution is 2.10. The lowest BCUT2D eigenvalue weighted by atomic mass is 10.0. The molecule has 1 rings (SSSR count). The molecule has 1 heterocycles. The molecule has 1 aliphatic rings. The van der Waals surface area contributed by atoms with Crippen LogP contribution < -0.4 is 5.32 Å². The van der Waals surface area contributed by atoms with E-state index in [1.165, 1.54) is 64.6 Å². The lowest BCUT2D eigenvalue weighted by Gasteiger charge is -2.30. The molecule has 102 valence electrons. The molecule has 2 heteroatoms. The summed E-state index contributed by atoms with van der Waals surface area (Å²) in [4.78, 5) is 2.45. The average Bonchev–Trinajstić information content (AvgIpc) is 2.27. The predicted molar refractivity (Wildman–Crippen MR) is 76.4 cm³/mol. The summed E-state index contributed by atoms with van der Waals surface area (Å²) in [6.45, 7) is 8.39. The van der Waals surface area contributed by atoms with Gasteiger partial charge >= 0.3 is 0 Å². The number of piperidine rings is 1. The van der Waals surface area contributed by atoms with E-state index in [1.807, 2.05) is 0 Å². The normalized spacial score (nSPS) is 22.2. The number of nitrogens with one attached hydrogen (secondary N) is 1. The Hall–Kier alpha value is -0.0800. The number of likely N-dealkylation sites (tertiary alicyclic amines) is 1. The topological polar surface area (TPSA) is 15.3 Å². The smallest absolute Gasteiger partial charge is 0.0195 e. The van der Waals surface area contributed by atoms with E-state index in [2.05, 4.69) is 31.1 Å². The lowest BCUT2D eigenvalue weighted by Crippen LogP contribution is -2.44. The summed E-state index contributed by atoms with van der Waals surface area (Å²) >= 11 is 0. The van der Waals surface area contributed by atoms with E-state index in [4.69, 9.17) is 0 Å². The Labute approximate surface area is 108 Å². The molecule has 1 aliphatic heterocycles. The fourth-order valence-corrected chi connectivity index (χ4v) is 2.67. The molecular weight excluding hydrogens is 208 g/mol. The monoisotopic (exact) mass is 240 g/mol. The molecule has 1 unspecified atom stereocenters. The number of hydrogen-bond donors (Lipinski definition) is 1. The minimum atomic E-state index is 0.754. The Bertz CT molecular complexity index is 180. The molecule has 0 aliphatic carbocycles. The summed E-state index contributed by atoms with van der Waals surface area (Å²) < 4.78 is 0. The summed E-state index contributed by atoms with van der Waals surface area (Å²) in [5.74, 6) is 0.880. The first-order valence-electron chi connectivity index (χ1n) is 7.60. The highest BCUT2D eigenvalue weighted by atomic mass is 15.1. The molecule has 0 radical (unpaired) electrons. The second-order valence-electron chi connectivity index (χ2n) is 6.15. The summed E-state index contributed by atoms with van der Waals surface area (Å²) in [5, 5.41) is 3.71. The standard InChI is InChI=1S/C15H32N2/c1-14(2)9-6-4-5-7-11-16-15-10-8-12-17(3)13-15/h14-16H,4-13H2,1-3H3. The van der Waals surface area contributed by atoms with E-state index >= 15 is 0 Å². The molecule has 17 heavy (non-hydrogen) atoms. The number of rotatable bonds is 8. The van der Waals surface area contributed by atoms with E-state index in [1.54, 1.807) is 0 Å². The molecule has 0 bridgehead atoms. The van der Waals surface area contributed by atoms with Crippen molar-refractivity contribution in [1.82, 2.24) is 10.2 Å². The summed E-state index contributed by atoms with van der Waals surface area (Å²) in [7, 11) is 2.24. The van der Waals surface area contributed by atoms with Crippen molar-refractivity contribution in [2.24, 2.45) is 5.92 Å². The SMILES string of the molecule is CC(C)CCCCCCNC1CCCN(C)C1. The molecular formula is C15H32N2. The number of nitrogens with zero attached hydrogens (tertiary/aromatic N) is 1. The third kappa shape index (κ3) is 7.77. The number of unbranched alkanes of at least 4 members (excludes halogenated alkanes) is 3. The first-order valence-corrected chi connectivity index (χ1v) is 7.60. The second-order valence-corrected chi connectivity index (χ2v) is 6.15. The Morgan fingerprint density at radius 1 is 1.18 bits per heavy atom. The zero-order valence-corrected chi connectivity index (χ0v) is 12.2. The zero-order valence-electron chi connectivity index (χ0n) is 12.2. The molecule has 0 aromatic rings. The maximum absolute atomic E-state index is 3.71. The van der Waals surface area contributed by atoms with Crippen molar-refractivity contribution in [2.75, 3.05) is 26.7 Å². The Kier molecular flexibility index (Phi) is 7.87. The third-order valence-electron chi connectivity index (χ3n) is 3.77. The predicted octanol–water partition coefficient (Wildman–Crippen LogP) is 3.28. The molecule has 0 saturated carbocycles. The molecule has 0 spiro atoms. The van der Waals surface area contributed by atoms with Gasteiger partial charge in [0.1, 0.15) is 0 Å². The van der Waals surface area contributed by atoms with E-state index in [-0.39, 0.29) is 0 Å². The van der Waals surface area contributed by atoms with Crippen LogP contribution in [-0.2, 0) is 0 Å². The molecule has 1 saturated heterocycles. The third-order valence-corrected chi connectivity index (χ3v) is 3.77. The summed E-state index contributed by atoms with van der Waals surface area (Å²) in [6, 6.07) is 0.754. The Morgan fingerprint density at radius 3 is 2.65 bits per heavy atom. The molecule has 0 aromatic heterocycles. The Morgan fingerprint density at radius 2 is 1.94 bits per heavy atom. The molecule has 0 amide bonds. The van der Waals surface area contributed by atoms with Crippen molar-refractivity contribution in [3.8, 4) is 0 Å². The fourth-order valence-electron chi connectivity index (χ4n) is 2.67. The summed E-state index contributed by atoms with van der Waals surface area (Å²) in [5.41, 5.74) is 0. The van der Waals surface area contributed by atoms with Gasteiger partial charge in [0.2, 0.25) is 0 Å². The van der Waals surface area contributed by atoms with Crippen molar-refractivity contribution >= 4 is 0 Å². The maximum atomic E-state index is 3.71. The minimum absolute atomic E-state index is 0.754. The van der Waals surface area contributed by atoms with Gasteiger partial charge in [-0.15, -0.1) is 0 Å². The van der Waals surface area contributed by atoms with E-state index < -0.39 is 0 Å². The van der Waals surface area contributed by atoms with Crippen molar-refractivity contribution in [1.29, 1.82) is 0 Å². The molecule has 1 N–H and O–H groups in total. The van der Waals surface area contributed by atoms with Crippen LogP contribution in [-0.4, -0.2) is 37.6 Å². The van der Waals surface area contributed by atoms with Gasteiger partial charge in [0, 0.05) is 12.6 Å². The molecule has 2 nitrogen and oxygen atoms in total. The quantitative estimate of drug-likeness (QED) is 0.655. The van der Waals surface area contributed by atoms with Crippen LogP contribution in [0.15, 0.2) is 0 Å². The first-order chi connectivity index (χ1) is 8.18. The van der Waals surface area contributed by atoms with Crippen LogP contribution in [0.3, 0.4) is 0 Å². The van der Waals surface area contributed by atoms with Crippen LogP contribution in [0.5, 0.6) is 0 Å². The largest absolute Gasteiger partial charge is 0.313 e. The number of hydrogen-bond acceptors (Lipinski definition) is 2. The highest BCUT2D eigenvalue weighted by Gasteiger charge is 2.15. The van der Waals surface area contributed by atoms with Gasteiger partial charge in [-0.05, 0) is 45.3 Å². The van der Waals surface area contributed by atoms with Crippen LogP contribution in [0.25, 0.3) is 0 Å². The van der Waals surface area contributed by atoms with Gasteiger partial charge in [-0.3, -0.25) is 0 Å². The van der Waals surface area contributed by atoms with Gasteiger partial charge in [-0.2, -0.15) is 0 Å². The van der Waals surface area contributed by atoms with Gasteiger partial charge in [-0.1, -0.05) is 39.5 Å². The van der Waals surface area contributed by atoms with Crippen molar-refractivity contribution in [3.05, 3.63) is 0 Å². The molecule has 1 atom stereocenters. The van der Waals surface area contributed by atoms with Crippen LogP contribution in [0.1, 0.15) is 58.8 Å². The maximum Gasteiger partial charge on any atom is 0.0195 e. The first kappa shape index (κ1) is 15.0. The van der Waals surface area contributed by atoms with Crippen molar-refractivity contribution < 1.29 is 0 Å². The van der Waals surface area contributed by atoms with Gasteiger partial charge in [0.15, 0.2) is 0 Å². The molecule has 0 aromatic carbocycles. The van der Waals surface area contributed by atoms with Crippen LogP contribution >= 0.6 is 0 Å².